The van der Waals surface area contributed by atoms with Gasteiger partial charge in [0.2, 0.25) is 29.5 Å². The average Bonchev–Trinajstić information content (AvgIpc) is 3.75. The van der Waals surface area contributed by atoms with E-state index in [1.807, 2.05) is 56.3 Å². The Morgan fingerprint density at radius 2 is 1.18 bits per heavy atom. The van der Waals surface area contributed by atoms with Crippen LogP contribution in [0.2, 0.25) is 0 Å². The second-order valence-electron chi connectivity index (χ2n) is 14.0. The zero-order valence-electron chi connectivity index (χ0n) is 31.1. The lowest BCUT2D eigenvalue weighted by Gasteiger charge is -2.28. The molecule has 0 aliphatic rings. The van der Waals surface area contributed by atoms with Gasteiger partial charge in [0, 0.05) is 46.4 Å². The summed E-state index contributed by atoms with van der Waals surface area (Å²) in [4.78, 5) is 85.0. The van der Waals surface area contributed by atoms with E-state index in [9.17, 15) is 39.0 Å². The van der Waals surface area contributed by atoms with Crippen LogP contribution in [0.25, 0.3) is 21.8 Å². The number of aliphatic hydroxyl groups excluding tert-OH is 1. The topological polar surface area (TPSA) is 261 Å². The minimum atomic E-state index is -1.57. The molecule has 16 nitrogen and oxygen atoms in total. The second kappa shape index (κ2) is 19.3. The van der Waals surface area contributed by atoms with E-state index in [0.717, 1.165) is 27.4 Å². The van der Waals surface area contributed by atoms with Crippen LogP contribution in [-0.4, -0.2) is 104 Å². The first-order valence-electron chi connectivity index (χ1n) is 18.0. The molecule has 0 aliphatic heterocycles. The van der Waals surface area contributed by atoms with Crippen LogP contribution >= 0.6 is 12.6 Å². The molecule has 0 spiro atoms. The smallest absolute Gasteiger partial charge is 0.327 e. The molecule has 0 unspecified atom stereocenters. The number of aromatic nitrogens is 2. The first-order valence-corrected chi connectivity index (χ1v) is 18.6. The van der Waals surface area contributed by atoms with Gasteiger partial charge >= 0.3 is 5.97 Å². The summed E-state index contributed by atoms with van der Waals surface area (Å²) in [5, 5.41) is 34.4. The number of rotatable bonds is 19. The molecule has 17 heteroatoms. The summed E-state index contributed by atoms with van der Waals surface area (Å²) >= 11 is 3.95. The number of H-pyrrole nitrogens is 2. The van der Waals surface area contributed by atoms with Crippen molar-refractivity contribution < 1.29 is 39.0 Å². The van der Waals surface area contributed by atoms with Gasteiger partial charge in [-0.15, -0.1) is 0 Å². The summed E-state index contributed by atoms with van der Waals surface area (Å²) < 4.78 is 0. The molecule has 5 amide bonds. The predicted octanol–water partition coefficient (Wildman–Crippen LogP) is 0.647. The van der Waals surface area contributed by atoms with Crippen LogP contribution < -0.4 is 32.3 Å². The standard InChI is InChI=1S/C38H50N8O8S/c1-19(2)13-29(43-34(49)26(39)14-22-16-40-27-11-7-5-9-24(22)27)36(51)46-32(21(4)47)37(52)44-30(15-23-17-41-28-12-8-6-10-25(23)28)35(50)42-20(3)33(48)45-31(18-55)38(53)54/h5-12,16-17,19-21,26,29-32,40-41,47,55H,13-15,18,39H2,1-4H3,(H,42,50)(H,43,49)(H,44,52)(H,45,48)(H,46,51)(H,53,54)/t20-,21+,26-,29-,30-,31-,32-/m0/s1. The lowest BCUT2D eigenvalue weighted by atomic mass is 10.00. The van der Waals surface area contributed by atoms with Gasteiger partial charge in [-0.3, -0.25) is 24.0 Å². The van der Waals surface area contributed by atoms with E-state index >= 15 is 0 Å². The lowest BCUT2D eigenvalue weighted by molar-refractivity contribution is -0.141. The Hall–Kier alpha value is -5.39. The molecule has 4 aromatic rings. The number of amides is 5. The fourth-order valence-electron chi connectivity index (χ4n) is 6.12. The van der Waals surface area contributed by atoms with Gasteiger partial charge in [-0.25, -0.2) is 4.79 Å². The highest BCUT2D eigenvalue weighted by molar-refractivity contribution is 7.80. The van der Waals surface area contributed by atoms with Crippen LogP contribution in [0.4, 0.5) is 0 Å². The Bertz CT molecular complexity index is 1990. The Balaban J connectivity index is 1.50. The molecular weight excluding hydrogens is 729 g/mol. The van der Waals surface area contributed by atoms with Crippen molar-refractivity contribution in [2.45, 2.75) is 89.3 Å². The quantitative estimate of drug-likeness (QED) is 0.0597. The molecular formula is C38H50N8O8S. The van der Waals surface area contributed by atoms with Gasteiger partial charge < -0.3 is 52.5 Å². The number of benzene rings is 2. The van der Waals surface area contributed by atoms with Gasteiger partial charge in [-0.1, -0.05) is 50.2 Å². The van der Waals surface area contributed by atoms with E-state index in [-0.39, 0.29) is 30.9 Å². The van der Waals surface area contributed by atoms with Crippen molar-refractivity contribution in [1.82, 2.24) is 36.6 Å². The maximum absolute atomic E-state index is 13.8. The highest BCUT2D eigenvalue weighted by atomic mass is 32.1. The molecule has 0 aliphatic carbocycles. The van der Waals surface area contributed by atoms with Crippen molar-refractivity contribution in [2.75, 3.05) is 5.75 Å². The van der Waals surface area contributed by atoms with Crippen molar-refractivity contribution >= 4 is 69.9 Å². The number of thiol groups is 1. The molecule has 296 valence electrons. The predicted molar refractivity (Wildman–Crippen MR) is 210 cm³/mol. The minimum absolute atomic E-state index is 0.0643. The van der Waals surface area contributed by atoms with Gasteiger partial charge in [0.1, 0.15) is 30.2 Å². The van der Waals surface area contributed by atoms with Crippen molar-refractivity contribution in [3.63, 3.8) is 0 Å². The Morgan fingerprint density at radius 1 is 0.673 bits per heavy atom. The zero-order valence-corrected chi connectivity index (χ0v) is 32.0. The van der Waals surface area contributed by atoms with E-state index in [1.54, 1.807) is 18.5 Å². The molecule has 7 atom stereocenters. The van der Waals surface area contributed by atoms with Crippen molar-refractivity contribution in [3.8, 4) is 0 Å². The molecule has 0 fully saturated rings. The van der Waals surface area contributed by atoms with Gasteiger partial charge in [0.15, 0.2) is 0 Å². The SMILES string of the molecule is CC(C)C[C@H](NC(=O)[C@@H](N)Cc1c[nH]c2ccccc12)C(=O)N[C@H](C(=O)N[C@@H](Cc1c[nH]c2ccccc12)C(=O)N[C@@H](C)C(=O)N[C@@H](CS)C(=O)O)[C@@H](C)O. The van der Waals surface area contributed by atoms with Crippen LogP contribution in [0, 0.1) is 5.92 Å². The Morgan fingerprint density at radius 3 is 1.71 bits per heavy atom. The summed E-state index contributed by atoms with van der Waals surface area (Å²) in [5.74, 6) is -5.38. The highest BCUT2D eigenvalue weighted by Crippen LogP contribution is 2.20. The molecule has 11 N–H and O–H groups in total. The minimum Gasteiger partial charge on any atom is -0.480 e. The maximum Gasteiger partial charge on any atom is 0.327 e. The molecule has 0 radical (unpaired) electrons. The number of hydrogen-bond acceptors (Lipinski definition) is 9. The average molecular weight is 779 g/mol. The van der Waals surface area contributed by atoms with E-state index < -0.39 is 77.9 Å². The fourth-order valence-corrected chi connectivity index (χ4v) is 6.37. The van der Waals surface area contributed by atoms with Gasteiger partial charge in [0.25, 0.3) is 0 Å². The summed E-state index contributed by atoms with van der Waals surface area (Å²) in [7, 11) is 0. The number of carboxylic acids is 1. The van der Waals surface area contributed by atoms with E-state index in [0.29, 0.717) is 5.56 Å². The number of carboxylic acid groups (broad SMARTS) is 1. The third-order valence-corrected chi connectivity index (χ3v) is 9.50. The number of aromatic amines is 2. The van der Waals surface area contributed by atoms with Gasteiger partial charge in [-0.2, -0.15) is 12.6 Å². The number of aliphatic carboxylic acids is 1. The molecule has 0 saturated heterocycles. The number of carbonyl (C=O) groups is 6. The van der Waals surface area contributed by atoms with Crippen molar-refractivity contribution in [3.05, 3.63) is 72.1 Å². The second-order valence-corrected chi connectivity index (χ2v) is 14.4. The zero-order chi connectivity index (χ0) is 40.4. The van der Waals surface area contributed by atoms with Crippen molar-refractivity contribution in [1.29, 1.82) is 0 Å². The summed E-state index contributed by atoms with van der Waals surface area (Å²) in [6.07, 6.45) is 2.33. The number of fused-ring (bicyclic) bond motifs is 2. The summed E-state index contributed by atoms with van der Waals surface area (Å²) in [6.45, 7) is 6.35. The molecule has 55 heavy (non-hydrogen) atoms. The van der Waals surface area contributed by atoms with Crippen LogP contribution in [0.15, 0.2) is 60.9 Å². The molecule has 0 bridgehead atoms. The first-order chi connectivity index (χ1) is 26.1. The molecule has 0 saturated carbocycles. The fraction of sp³-hybridized carbons (Fsp3) is 0.421. The highest BCUT2D eigenvalue weighted by Gasteiger charge is 2.34. The number of aliphatic hydroxyl groups is 1. The molecule has 2 aromatic carbocycles. The van der Waals surface area contributed by atoms with Crippen LogP contribution in [0.1, 0.15) is 45.2 Å². The largest absolute Gasteiger partial charge is 0.480 e. The third kappa shape index (κ3) is 11.3. The first kappa shape index (κ1) is 42.4. The molecule has 4 rings (SSSR count). The third-order valence-electron chi connectivity index (χ3n) is 9.14. The number of para-hydroxylation sites is 2. The Kier molecular flexibility index (Phi) is 14.8. The normalized spacial score (nSPS) is 15.3. The van der Waals surface area contributed by atoms with Crippen LogP contribution in [0.5, 0.6) is 0 Å². The summed E-state index contributed by atoms with van der Waals surface area (Å²) in [6, 6.07) is 7.35. The molecule has 2 heterocycles. The number of nitrogens with two attached hydrogens (primary N) is 1. The number of nitrogens with one attached hydrogen (secondary N) is 7. The maximum atomic E-state index is 13.8. The lowest BCUT2D eigenvalue weighted by Crippen LogP contribution is -2.61. The van der Waals surface area contributed by atoms with Crippen LogP contribution in [0.3, 0.4) is 0 Å². The van der Waals surface area contributed by atoms with E-state index in [2.05, 4.69) is 49.2 Å². The van der Waals surface area contributed by atoms with Gasteiger partial charge in [0.05, 0.1) is 12.1 Å². The Labute approximate surface area is 323 Å². The van der Waals surface area contributed by atoms with Crippen LogP contribution in [-0.2, 0) is 41.6 Å². The van der Waals surface area contributed by atoms with E-state index in [4.69, 9.17) is 5.73 Å². The molecule has 2 aromatic heterocycles. The van der Waals surface area contributed by atoms with Crippen molar-refractivity contribution in [2.24, 2.45) is 11.7 Å². The number of carbonyl (C=O) groups excluding carboxylic acids is 5. The van der Waals surface area contributed by atoms with Gasteiger partial charge in [-0.05, 0) is 55.9 Å². The van der Waals surface area contributed by atoms with E-state index in [1.165, 1.54) is 13.8 Å². The number of hydrogen-bond donors (Lipinski definition) is 11. The summed E-state index contributed by atoms with van der Waals surface area (Å²) in [5.41, 5.74) is 9.44. The monoisotopic (exact) mass is 778 g/mol.